The number of nitrogens with one attached hydrogen (secondary N) is 1. The zero-order valence-corrected chi connectivity index (χ0v) is 11.5. The maximum atomic E-state index is 12.0. The second-order valence-electron chi connectivity index (χ2n) is 4.74. The first-order valence-corrected chi connectivity index (χ1v) is 6.64. The molecule has 2 heterocycles. The number of H-pyrrole nitrogens is 1. The van der Waals surface area contributed by atoms with Crippen molar-refractivity contribution in [2.24, 2.45) is 0 Å². The number of pyridine rings is 1. The van der Waals surface area contributed by atoms with Crippen molar-refractivity contribution in [1.29, 1.82) is 0 Å². The third-order valence-corrected chi connectivity index (χ3v) is 3.45. The smallest absolute Gasteiger partial charge is 0.254 e. The second-order valence-corrected chi connectivity index (χ2v) is 4.74. The molecular formula is C16H15N3O. The van der Waals surface area contributed by atoms with Gasteiger partial charge in [-0.15, -0.1) is 0 Å². The summed E-state index contributed by atoms with van der Waals surface area (Å²) < 4.78 is 0. The first-order chi connectivity index (χ1) is 9.69. The average molecular weight is 265 g/mol. The van der Waals surface area contributed by atoms with Crippen molar-refractivity contribution in [3.05, 3.63) is 58.1 Å². The van der Waals surface area contributed by atoms with Crippen LogP contribution in [0.15, 0.2) is 41.3 Å². The summed E-state index contributed by atoms with van der Waals surface area (Å²) in [6.45, 7) is 3.83. The lowest BCUT2D eigenvalue weighted by Gasteiger charge is -2.06. The fourth-order valence-electron chi connectivity index (χ4n) is 2.39. The Hall–Kier alpha value is -2.49. The number of hydrogen-bond donors (Lipinski definition) is 1. The van der Waals surface area contributed by atoms with Crippen LogP contribution in [0.3, 0.4) is 0 Å². The molecule has 4 nitrogen and oxygen atoms in total. The van der Waals surface area contributed by atoms with Crippen LogP contribution in [0.4, 0.5) is 0 Å². The molecule has 1 N–H and O–H groups in total. The number of hydrogen-bond acceptors (Lipinski definition) is 3. The van der Waals surface area contributed by atoms with Gasteiger partial charge in [-0.05, 0) is 37.6 Å². The van der Waals surface area contributed by atoms with Gasteiger partial charge in [0, 0.05) is 28.4 Å². The zero-order valence-electron chi connectivity index (χ0n) is 11.5. The largest absolute Gasteiger partial charge is 0.306 e. The molecule has 0 fully saturated rings. The molecule has 0 amide bonds. The number of rotatable bonds is 2. The molecule has 100 valence electrons. The molecule has 0 spiro atoms. The average Bonchev–Trinajstić information content (AvgIpc) is 2.46. The Morgan fingerprint density at radius 1 is 1.25 bits per heavy atom. The molecule has 0 bridgehead atoms. The van der Waals surface area contributed by atoms with E-state index < -0.39 is 0 Å². The summed E-state index contributed by atoms with van der Waals surface area (Å²) in [7, 11) is 0. The third kappa shape index (κ3) is 2.09. The summed E-state index contributed by atoms with van der Waals surface area (Å²) in [5, 5.41) is 1.03. The van der Waals surface area contributed by atoms with Gasteiger partial charge in [-0.2, -0.15) is 0 Å². The molecule has 0 saturated carbocycles. The Morgan fingerprint density at radius 3 is 2.85 bits per heavy atom. The van der Waals surface area contributed by atoms with E-state index in [-0.39, 0.29) is 5.56 Å². The maximum absolute atomic E-state index is 12.0. The minimum absolute atomic E-state index is 0.0544. The molecule has 0 saturated heterocycles. The normalized spacial score (nSPS) is 10.9. The summed E-state index contributed by atoms with van der Waals surface area (Å²) in [6.07, 6.45) is 2.46. The van der Waals surface area contributed by atoms with Gasteiger partial charge in [0.15, 0.2) is 0 Å². The van der Waals surface area contributed by atoms with Crippen LogP contribution >= 0.6 is 0 Å². The van der Waals surface area contributed by atoms with E-state index in [9.17, 15) is 4.79 Å². The van der Waals surface area contributed by atoms with Crippen LogP contribution in [-0.2, 0) is 6.42 Å². The van der Waals surface area contributed by atoms with E-state index in [1.54, 1.807) is 6.20 Å². The van der Waals surface area contributed by atoms with Gasteiger partial charge in [0.05, 0.1) is 5.52 Å². The highest BCUT2D eigenvalue weighted by Gasteiger charge is 2.08. The number of aromatic nitrogens is 3. The summed E-state index contributed by atoms with van der Waals surface area (Å²) in [4.78, 5) is 23.7. The number of aromatic amines is 1. The van der Waals surface area contributed by atoms with Crippen LogP contribution in [0, 0.1) is 6.92 Å². The summed E-state index contributed by atoms with van der Waals surface area (Å²) in [6, 6.07) is 9.75. The van der Waals surface area contributed by atoms with Crippen LogP contribution in [0.1, 0.15) is 18.2 Å². The summed E-state index contributed by atoms with van der Waals surface area (Å²) in [5.41, 5.74) is 3.31. The van der Waals surface area contributed by atoms with Crippen LogP contribution in [0.5, 0.6) is 0 Å². The lowest BCUT2D eigenvalue weighted by Crippen LogP contribution is -2.16. The van der Waals surface area contributed by atoms with E-state index in [1.165, 1.54) is 0 Å². The Morgan fingerprint density at radius 2 is 2.10 bits per heavy atom. The number of nitrogens with zero attached hydrogens (tertiary/aromatic N) is 2. The molecule has 0 radical (unpaired) electrons. The zero-order chi connectivity index (χ0) is 14.1. The molecule has 3 aromatic rings. The SMILES string of the molecule is CCc1c(C)nc(-c2ccc3ncccc3c2)[nH]c1=O. The lowest BCUT2D eigenvalue weighted by atomic mass is 10.1. The van der Waals surface area contributed by atoms with Crippen molar-refractivity contribution in [2.45, 2.75) is 20.3 Å². The highest BCUT2D eigenvalue weighted by atomic mass is 16.1. The Kier molecular flexibility index (Phi) is 3.06. The minimum Gasteiger partial charge on any atom is -0.306 e. The molecule has 0 unspecified atom stereocenters. The van der Waals surface area contributed by atoms with E-state index in [4.69, 9.17) is 0 Å². The molecule has 20 heavy (non-hydrogen) atoms. The molecule has 0 aliphatic carbocycles. The fourth-order valence-corrected chi connectivity index (χ4v) is 2.39. The first kappa shape index (κ1) is 12.5. The van der Waals surface area contributed by atoms with E-state index in [1.807, 2.05) is 44.2 Å². The highest BCUT2D eigenvalue weighted by molar-refractivity contribution is 5.83. The maximum Gasteiger partial charge on any atom is 0.254 e. The summed E-state index contributed by atoms with van der Waals surface area (Å²) in [5.74, 6) is 0.607. The van der Waals surface area contributed by atoms with Crippen LogP contribution < -0.4 is 5.56 Å². The molecule has 2 aromatic heterocycles. The third-order valence-electron chi connectivity index (χ3n) is 3.45. The molecular weight excluding hydrogens is 250 g/mol. The van der Waals surface area contributed by atoms with Gasteiger partial charge in [-0.3, -0.25) is 9.78 Å². The van der Waals surface area contributed by atoms with Crippen LogP contribution in [0.25, 0.3) is 22.3 Å². The first-order valence-electron chi connectivity index (χ1n) is 6.64. The van der Waals surface area contributed by atoms with Crippen LogP contribution in [-0.4, -0.2) is 15.0 Å². The van der Waals surface area contributed by atoms with Gasteiger partial charge >= 0.3 is 0 Å². The number of benzene rings is 1. The molecule has 3 rings (SSSR count). The second kappa shape index (κ2) is 4.89. The van der Waals surface area contributed by atoms with E-state index in [2.05, 4.69) is 15.0 Å². The lowest BCUT2D eigenvalue weighted by molar-refractivity contribution is 0.968. The minimum atomic E-state index is -0.0544. The topological polar surface area (TPSA) is 58.6 Å². The molecule has 0 aliphatic rings. The van der Waals surface area contributed by atoms with Crippen molar-refractivity contribution in [3.8, 4) is 11.4 Å². The Balaban J connectivity index is 2.18. The van der Waals surface area contributed by atoms with Gasteiger partial charge in [0.25, 0.3) is 5.56 Å². The predicted octanol–water partition coefficient (Wildman–Crippen LogP) is 2.86. The standard InChI is InChI=1S/C16H15N3O/c1-3-13-10(2)18-15(19-16(13)20)12-6-7-14-11(9-12)5-4-8-17-14/h4-9H,3H2,1-2H3,(H,18,19,20). The monoisotopic (exact) mass is 265 g/mol. The fraction of sp³-hybridized carbons (Fsp3) is 0.188. The van der Waals surface area contributed by atoms with E-state index >= 15 is 0 Å². The van der Waals surface area contributed by atoms with Crippen molar-refractivity contribution >= 4 is 10.9 Å². The number of fused-ring (bicyclic) bond motifs is 1. The van der Waals surface area contributed by atoms with Crippen molar-refractivity contribution in [3.63, 3.8) is 0 Å². The Labute approximate surface area is 116 Å². The van der Waals surface area contributed by atoms with E-state index in [0.29, 0.717) is 12.2 Å². The van der Waals surface area contributed by atoms with Crippen molar-refractivity contribution in [1.82, 2.24) is 15.0 Å². The van der Waals surface area contributed by atoms with Gasteiger partial charge in [0.1, 0.15) is 5.82 Å². The van der Waals surface area contributed by atoms with Crippen molar-refractivity contribution in [2.75, 3.05) is 0 Å². The predicted molar refractivity (Wildman–Crippen MR) is 79.7 cm³/mol. The van der Waals surface area contributed by atoms with Crippen LogP contribution in [0.2, 0.25) is 0 Å². The quantitative estimate of drug-likeness (QED) is 0.775. The van der Waals surface area contributed by atoms with Gasteiger partial charge in [-0.25, -0.2) is 4.98 Å². The highest BCUT2D eigenvalue weighted by Crippen LogP contribution is 2.20. The van der Waals surface area contributed by atoms with Gasteiger partial charge in [0.2, 0.25) is 0 Å². The molecule has 0 aliphatic heterocycles. The van der Waals surface area contributed by atoms with E-state index in [0.717, 1.165) is 27.7 Å². The molecule has 1 aromatic carbocycles. The number of aryl methyl sites for hydroxylation is 1. The summed E-state index contributed by atoms with van der Waals surface area (Å²) >= 11 is 0. The van der Waals surface area contributed by atoms with Gasteiger partial charge in [-0.1, -0.05) is 13.0 Å². The Bertz CT molecular complexity index is 836. The van der Waals surface area contributed by atoms with Gasteiger partial charge < -0.3 is 4.98 Å². The molecule has 0 atom stereocenters. The molecule has 4 heteroatoms. The van der Waals surface area contributed by atoms with Crippen molar-refractivity contribution < 1.29 is 0 Å².